The van der Waals surface area contributed by atoms with Crippen molar-refractivity contribution in [3.63, 3.8) is 0 Å². The van der Waals surface area contributed by atoms with E-state index in [4.69, 9.17) is 9.47 Å². The first-order valence-electron chi connectivity index (χ1n) is 8.06. The smallest absolute Gasteiger partial charge is 0.323 e. The van der Waals surface area contributed by atoms with Crippen molar-refractivity contribution in [3.05, 3.63) is 50.9 Å². The van der Waals surface area contributed by atoms with Gasteiger partial charge in [0, 0.05) is 16.7 Å². The molecular weight excluding hydrogens is 386 g/mol. The lowest BCUT2D eigenvalue weighted by molar-refractivity contribution is 0.294. The second-order valence-electron chi connectivity index (χ2n) is 5.64. The molecule has 3 N–H and O–H groups in total. The first-order chi connectivity index (χ1) is 12.1. The van der Waals surface area contributed by atoms with Crippen LogP contribution in [0.4, 0.5) is 5.69 Å². The van der Waals surface area contributed by atoms with Crippen LogP contribution in [-0.4, -0.2) is 23.7 Å². The van der Waals surface area contributed by atoms with Crippen molar-refractivity contribution < 1.29 is 9.47 Å². The zero-order valence-corrected chi connectivity index (χ0v) is 15.7. The Balaban J connectivity index is 1.78. The maximum atomic E-state index is 11.3. The molecule has 0 aliphatic heterocycles. The maximum absolute atomic E-state index is 11.3. The summed E-state index contributed by atoms with van der Waals surface area (Å²) in [7, 11) is 1.63. The molecule has 6 nitrogen and oxygen atoms in total. The molecule has 132 valence electrons. The fraction of sp³-hybridized carbons (Fsp3) is 0.278. The fourth-order valence-electron chi connectivity index (χ4n) is 2.54. The number of methoxy groups -OCH3 is 1. The number of nitrogens with one attached hydrogen (secondary N) is 3. The number of benzene rings is 2. The molecule has 0 amide bonds. The molecular formula is C18H20BrN3O3. The van der Waals surface area contributed by atoms with Gasteiger partial charge in [-0.05, 0) is 42.3 Å². The van der Waals surface area contributed by atoms with Crippen molar-refractivity contribution >= 4 is 32.7 Å². The van der Waals surface area contributed by atoms with Crippen LogP contribution in [0.3, 0.4) is 0 Å². The van der Waals surface area contributed by atoms with Gasteiger partial charge in [-0.15, -0.1) is 0 Å². The van der Waals surface area contributed by atoms with Gasteiger partial charge < -0.3 is 24.8 Å². The van der Waals surface area contributed by atoms with Crippen LogP contribution in [0.15, 0.2) is 39.6 Å². The summed E-state index contributed by atoms with van der Waals surface area (Å²) >= 11 is 3.59. The highest BCUT2D eigenvalue weighted by molar-refractivity contribution is 9.10. The molecule has 0 atom stereocenters. The molecule has 1 aromatic heterocycles. The van der Waals surface area contributed by atoms with Crippen molar-refractivity contribution in [2.75, 3.05) is 19.0 Å². The summed E-state index contributed by atoms with van der Waals surface area (Å²) < 4.78 is 12.1. The molecule has 0 saturated carbocycles. The van der Waals surface area contributed by atoms with Gasteiger partial charge in [0.05, 0.1) is 24.8 Å². The van der Waals surface area contributed by atoms with Crippen LogP contribution in [0, 0.1) is 0 Å². The first kappa shape index (κ1) is 17.4. The van der Waals surface area contributed by atoms with E-state index >= 15 is 0 Å². The fourth-order valence-corrected chi connectivity index (χ4v) is 3.00. The number of ether oxygens (including phenoxy) is 2. The Bertz CT molecular complexity index is 933. The molecule has 25 heavy (non-hydrogen) atoms. The molecule has 0 aliphatic carbocycles. The van der Waals surface area contributed by atoms with E-state index in [9.17, 15) is 4.79 Å². The van der Waals surface area contributed by atoms with Crippen LogP contribution in [0.5, 0.6) is 11.5 Å². The minimum Gasteiger partial charge on any atom is -0.493 e. The van der Waals surface area contributed by atoms with Gasteiger partial charge in [0.1, 0.15) is 0 Å². The minimum atomic E-state index is -0.206. The second-order valence-corrected chi connectivity index (χ2v) is 6.49. The highest BCUT2D eigenvalue weighted by Gasteiger charge is 2.10. The van der Waals surface area contributed by atoms with Gasteiger partial charge in [0.25, 0.3) is 0 Å². The summed E-state index contributed by atoms with van der Waals surface area (Å²) in [6.07, 6.45) is 0.938. The highest BCUT2D eigenvalue weighted by Crippen LogP contribution is 2.34. The molecule has 0 radical (unpaired) electrons. The van der Waals surface area contributed by atoms with Gasteiger partial charge in [-0.2, -0.15) is 0 Å². The van der Waals surface area contributed by atoms with Gasteiger partial charge in [-0.1, -0.05) is 22.9 Å². The molecule has 2 aromatic carbocycles. The number of H-pyrrole nitrogens is 2. The number of hydrogen-bond donors (Lipinski definition) is 3. The van der Waals surface area contributed by atoms with Crippen molar-refractivity contribution in [2.24, 2.45) is 0 Å². The topological polar surface area (TPSA) is 79.1 Å². The standard InChI is InChI=1S/C18H20BrN3O3/c1-3-6-25-17-9-13(19)11(7-16(17)24-2)10-20-12-4-5-14-15(8-12)22-18(23)21-14/h4-5,7-9,20H,3,6,10H2,1-2H3,(H2,21,22,23). The Morgan fingerprint density at radius 2 is 1.92 bits per heavy atom. The highest BCUT2D eigenvalue weighted by atomic mass is 79.9. The lowest BCUT2D eigenvalue weighted by Crippen LogP contribution is -2.03. The molecule has 3 rings (SSSR count). The zero-order valence-electron chi connectivity index (χ0n) is 14.1. The van der Waals surface area contributed by atoms with E-state index in [2.05, 4.69) is 38.1 Å². The van der Waals surface area contributed by atoms with Gasteiger partial charge in [0.2, 0.25) is 0 Å². The van der Waals surface area contributed by atoms with Crippen molar-refractivity contribution in [3.8, 4) is 11.5 Å². The summed E-state index contributed by atoms with van der Waals surface area (Å²) in [4.78, 5) is 16.8. The van der Waals surface area contributed by atoms with Crippen LogP contribution in [-0.2, 0) is 6.54 Å². The van der Waals surface area contributed by atoms with Gasteiger partial charge in [-0.25, -0.2) is 4.79 Å². The SMILES string of the molecule is CCCOc1cc(Br)c(CNc2ccc3[nH]c(=O)[nH]c3c2)cc1OC. The predicted octanol–water partition coefficient (Wildman–Crippen LogP) is 4.03. The monoisotopic (exact) mass is 405 g/mol. The Morgan fingerprint density at radius 1 is 1.12 bits per heavy atom. The molecule has 0 fully saturated rings. The maximum Gasteiger partial charge on any atom is 0.323 e. The normalized spacial score (nSPS) is 10.8. The van der Waals surface area contributed by atoms with Gasteiger partial charge >= 0.3 is 5.69 Å². The average molecular weight is 406 g/mol. The summed E-state index contributed by atoms with van der Waals surface area (Å²) in [5, 5.41) is 3.35. The van der Waals surface area contributed by atoms with Crippen molar-refractivity contribution in [1.82, 2.24) is 9.97 Å². The van der Waals surface area contributed by atoms with Gasteiger partial charge in [-0.3, -0.25) is 0 Å². The third kappa shape index (κ3) is 3.99. The predicted molar refractivity (Wildman–Crippen MR) is 103 cm³/mol. The van der Waals surface area contributed by atoms with E-state index in [1.165, 1.54) is 0 Å². The zero-order chi connectivity index (χ0) is 17.8. The average Bonchev–Trinajstić information content (AvgIpc) is 2.98. The number of rotatable bonds is 7. The molecule has 7 heteroatoms. The van der Waals surface area contributed by atoms with Crippen LogP contribution in [0.25, 0.3) is 11.0 Å². The first-order valence-corrected chi connectivity index (χ1v) is 8.85. The van der Waals surface area contributed by atoms with E-state index in [1.807, 2.05) is 30.3 Å². The van der Waals surface area contributed by atoms with Crippen LogP contribution < -0.4 is 20.5 Å². The summed E-state index contributed by atoms with van der Waals surface area (Å²) in [5.74, 6) is 1.44. The van der Waals surface area contributed by atoms with E-state index in [0.717, 1.165) is 38.9 Å². The summed E-state index contributed by atoms with van der Waals surface area (Å²) in [6, 6.07) is 9.58. The molecule has 0 unspecified atom stereocenters. The quantitative estimate of drug-likeness (QED) is 0.554. The number of halogens is 1. The third-order valence-corrected chi connectivity index (χ3v) is 4.53. The van der Waals surface area contributed by atoms with Crippen LogP contribution in [0.2, 0.25) is 0 Å². The number of imidazole rings is 1. The van der Waals surface area contributed by atoms with Crippen LogP contribution >= 0.6 is 15.9 Å². The number of aromatic nitrogens is 2. The number of aromatic amines is 2. The van der Waals surface area contributed by atoms with E-state index in [0.29, 0.717) is 18.9 Å². The van der Waals surface area contributed by atoms with E-state index < -0.39 is 0 Å². The Kier molecular flexibility index (Phi) is 5.33. The number of fused-ring (bicyclic) bond motifs is 1. The third-order valence-electron chi connectivity index (χ3n) is 3.79. The van der Waals surface area contributed by atoms with Gasteiger partial charge in [0.15, 0.2) is 11.5 Å². The minimum absolute atomic E-state index is 0.206. The molecule has 3 aromatic rings. The lowest BCUT2D eigenvalue weighted by atomic mass is 10.2. The van der Waals surface area contributed by atoms with Crippen LogP contribution in [0.1, 0.15) is 18.9 Å². The van der Waals surface area contributed by atoms with Crippen molar-refractivity contribution in [1.29, 1.82) is 0 Å². The second kappa shape index (κ2) is 7.65. The molecule has 0 saturated heterocycles. The number of anilines is 1. The van der Waals surface area contributed by atoms with Crippen molar-refractivity contribution in [2.45, 2.75) is 19.9 Å². The lowest BCUT2D eigenvalue weighted by Gasteiger charge is -2.14. The Morgan fingerprint density at radius 3 is 2.68 bits per heavy atom. The summed E-state index contributed by atoms with van der Waals surface area (Å²) in [6.45, 7) is 3.31. The summed E-state index contributed by atoms with van der Waals surface area (Å²) in [5.41, 5.74) is 3.32. The molecule has 0 bridgehead atoms. The Hall–Kier alpha value is -2.41. The Labute approximate surface area is 153 Å². The molecule has 0 spiro atoms. The van der Waals surface area contributed by atoms with E-state index in [-0.39, 0.29) is 5.69 Å². The molecule has 0 aliphatic rings. The largest absolute Gasteiger partial charge is 0.493 e. The molecule has 1 heterocycles. The van der Waals surface area contributed by atoms with E-state index in [1.54, 1.807) is 7.11 Å². The number of hydrogen-bond acceptors (Lipinski definition) is 4.